The van der Waals surface area contributed by atoms with Gasteiger partial charge in [0, 0.05) is 33.3 Å². The summed E-state index contributed by atoms with van der Waals surface area (Å²) in [4.78, 5) is 9.72. The minimum absolute atomic E-state index is 0.157. The predicted molar refractivity (Wildman–Crippen MR) is 68.5 cm³/mol. The van der Waals surface area contributed by atoms with Crippen molar-refractivity contribution in [2.24, 2.45) is 0 Å². The molecule has 0 heterocycles. The Labute approximate surface area is 116 Å². The van der Waals surface area contributed by atoms with Crippen LogP contribution in [0.25, 0.3) is 11.1 Å². The van der Waals surface area contributed by atoms with E-state index in [2.05, 4.69) is 0 Å². The van der Waals surface area contributed by atoms with Crippen molar-refractivity contribution in [1.29, 1.82) is 0 Å². The molecule has 0 N–H and O–H groups in total. The van der Waals surface area contributed by atoms with Gasteiger partial charge in [-0.2, -0.15) is 4.39 Å². The van der Waals surface area contributed by atoms with Crippen molar-refractivity contribution in [3.63, 3.8) is 0 Å². The molecule has 0 bridgehead atoms. The van der Waals surface area contributed by atoms with Crippen LogP contribution in [0.3, 0.4) is 0 Å². The van der Waals surface area contributed by atoms with Gasteiger partial charge in [-0.15, -0.1) is 0 Å². The summed E-state index contributed by atoms with van der Waals surface area (Å²) in [6.45, 7) is 0. The minimum Gasteiger partial charge on any atom is -0.258 e. The van der Waals surface area contributed by atoms with Crippen molar-refractivity contribution in [3.05, 3.63) is 62.1 Å². The molecule has 0 atom stereocenters. The average molecular weight is 304 g/mol. The van der Waals surface area contributed by atoms with Gasteiger partial charge in [0.05, 0.1) is 4.92 Å². The van der Waals surface area contributed by atoms with Crippen LogP contribution in [0.2, 0.25) is 10.0 Å². The Morgan fingerprint density at radius 1 is 1.00 bits per heavy atom. The van der Waals surface area contributed by atoms with E-state index in [1.165, 1.54) is 18.2 Å². The third-order valence-corrected chi connectivity index (χ3v) is 3.02. The normalized spacial score (nSPS) is 10.5. The summed E-state index contributed by atoms with van der Waals surface area (Å²) < 4.78 is 27.0. The standard InChI is InChI=1S/C12H5Cl2F2NO2/c13-6-1-2-9(14)7(3-6)8-4-12(17(18)19)11(16)5-10(8)15/h1-5H. The average Bonchev–Trinajstić information content (AvgIpc) is 2.32. The molecular formula is C12H5Cl2F2NO2. The Hall–Kier alpha value is -1.72. The fraction of sp³-hybridized carbons (Fsp3) is 0. The van der Waals surface area contributed by atoms with Crippen molar-refractivity contribution in [2.75, 3.05) is 0 Å². The fourth-order valence-electron chi connectivity index (χ4n) is 1.59. The van der Waals surface area contributed by atoms with E-state index >= 15 is 0 Å². The van der Waals surface area contributed by atoms with Gasteiger partial charge < -0.3 is 0 Å². The molecule has 0 fully saturated rings. The minimum atomic E-state index is -1.25. The third kappa shape index (κ3) is 2.67. The van der Waals surface area contributed by atoms with E-state index in [0.717, 1.165) is 6.07 Å². The molecule has 19 heavy (non-hydrogen) atoms. The van der Waals surface area contributed by atoms with Crippen LogP contribution in [0.4, 0.5) is 14.5 Å². The Balaban J connectivity index is 2.71. The van der Waals surface area contributed by atoms with Gasteiger partial charge >= 0.3 is 5.69 Å². The van der Waals surface area contributed by atoms with Crippen molar-refractivity contribution < 1.29 is 13.7 Å². The summed E-state index contributed by atoms with van der Waals surface area (Å²) in [5, 5.41) is 11.1. The van der Waals surface area contributed by atoms with Crippen molar-refractivity contribution in [3.8, 4) is 11.1 Å². The van der Waals surface area contributed by atoms with Crippen LogP contribution < -0.4 is 0 Å². The zero-order chi connectivity index (χ0) is 14.2. The third-order valence-electron chi connectivity index (χ3n) is 2.45. The molecule has 0 aromatic heterocycles. The molecule has 0 saturated heterocycles. The lowest BCUT2D eigenvalue weighted by molar-refractivity contribution is -0.387. The highest BCUT2D eigenvalue weighted by Crippen LogP contribution is 2.35. The molecule has 0 aliphatic heterocycles. The van der Waals surface area contributed by atoms with E-state index in [1.54, 1.807) is 0 Å². The van der Waals surface area contributed by atoms with Gasteiger partial charge in [-0.05, 0) is 18.2 Å². The number of rotatable bonds is 2. The van der Waals surface area contributed by atoms with E-state index in [1.807, 2.05) is 0 Å². The number of halogens is 4. The first-order valence-corrected chi connectivity index (χ1v) is 5.74. The Morgan fingerprint density at radius 3 is 2.32 bits per heavy atom. The fourth-order valence-corrected chi connectivity index (χ4v) is 1.98. The molecule has 7 heteroatoms. The van der Waals surface area contributed by atoms with Gasteiger partial charge in [-0.1, -0.05) is 23.2 Å². The van der Waals surface area contributed by atoms with Crippen LogP contribution in [-0.2, 0) is 0 Å². The van der Waals surface area contributed by atoms with Gasteiger partial charge in [0.2, 0.25) is 5.82 Å². The molecule has 2 rings (SSSR count). The summed E-state index contributed by atoms with van der Waals surface area (Å²) in [7, 11) is 0. The molecule has 2 aromatic carbocycles. The van der Waals surface area contributed by atoms with Crippen LogP contribution in [0, 0.1) is 21.7 Å². The van der Waals surface area contributed by atoms with Gasteiger partial charge in [0.25, 0.3) is 0 Å². The van der Waals surface area contributed by atoms with Crippen molar-refractivity contribution >= 4 is 28.9 Å². The first-order chi connectivity index (χ1) is 8.90. The number of hydrogen-bond donors (Lipinski definition) is 0. The second-order valence-electron chi connectivity index (χ2n) is 3.66. The molecule has 98 valence electrons. The zero-order valence-electron chi connectivity index (χ0n) is 9.16. The molecule has 0 amide bonds. The van der Waals surface area contributed by atoms with Crippen LogP contribution in [0.15, 0.2) is 30.3 Å². The highest BCUT2D eigenvalue weighted by Gasteiger charge is 2.20. The summed E-state index contributed by atoms with van der Waals surface area (Å²) in [5.74, 6) is -2.20. The molecule has 0 radical (unpaired) electrons. The Bertz CT molecular complexity index is 677. The predicted octanol–water partition coefficient (Wildman–Crippen LogP) is 4.85. The maximum Gasteiger partial charge on any atom is 0.305 e. The second kappa shape index (κ2) is 5.11. The number of nitro groups is 1. The van der Waals surface area contributed by atoms with Gasteiger partial charge in [0.1, 0.15) is 5.82 Å². The highest BCUT2D eigenvalue weighted by molar-refractivity contribution is 6.35. The molecule has 0 saturated carbocycles. The molecular weight excluding hydrogens is 299 g/mol. The van der Waals surface area contributed by atoms with Crippen LogP contribution in [0.5, 0.6) is 0 Å². The Kier molecular flexibility index (Phi) is 3.68. The van der Waals surface area contributed by atoms with E-state index in [-0.39, 0.29) is 21.2 Å². The molecule has 0 aliphatic rings. The maximum absolute atomic E-state index is 13.7. The largest absolute Gasteiger partial charge is 0.305 e. The second-order valence-corrected chi connectivity index (χ2v) is 4.51. The van der Waals surface area contributed by atoms with Gasteiger partial charge in [0.15, 0.2) is 0 Å². The Morgan fingerprint density at radius 2 is 1.68 bits per heavy atom. The van der Waals surface area contributed by atoms with Crippen LogP contribution in [-0.4, -0.2) is 4.92 Å². The smallest absolute Gasteiger partial charge is 0.258 e. The van der Waals surface area contributed by atoms with Crippen molar-refractivity contribution in [2.45, 2.75) is 0 Å². The maximum atomic E-state index is 13.7. The molecule has 3 nitrogen and oxygen atoms in total. The summed E-state index contributed by atoms with van der Waals surface area (Å²) in [5.41, 5.74) is -0.845. The monoisotopic (exact) mass is 303 g/mol. The number of nitrogens with zero attached hydrogens (tertiary/aromatic N) is 1. The number of hydrogen-bond acceptors (Lipinski definition) is 2. The summed E-state index contributed by atoms with van der Waals surface area (Å²) in [6.07, 6.45) is 0. The van der Waals surface area contributed by atoms with Gasteiger partial charge in [-0.3, -0.25) is 10.1 Å². The van der Waals surface area contributed by atoms with Crippen LogP contribution >= 0.6 is 23.2 Å². The van der Waals surface area contributed by atoms with Crippen LogP contribution in [0.1, 0.15) is 0 Å². The molecule has 0 aliphatic carbocycles. The molecule has 2 aromatic rings. The topological polar surface area (TPSA) is 43.1 Å². The first kappa shape index (κ1) is 13.7. The van der Waals surface area contributed by atoms with E-state index in [9.17, 15) is 18.9 Å². The van der Waals surface area contributed by atoms with Crippen molar-refractivity contribution in [1.82, 2.24) is 0 Å². The number of nitro benzene ring substituents is 1. The first-order valence-electron chi connectivity index (χ1n) is 4.99. The lowest BCUT2D eigenvalue weighted by Crippen LogP contribution is -1.96. The summed E-state index contributed by atoms with van der Waals surface area (Å²) in [6, 6.07) is 5.51. The zero-order valence-corrected chi connectivity index (χ0v) is 10.7. The highest BCUT2D eigenvalue weighted by atomic mass is 35.5. The van der Waals surface area contributed by atoms with Gasteiger partial charge in [-0.25, -0.2) is 4.39 Å². The lowest BCUT2D eigenvalue weighted by atomic mass is 10.0. The molecule has 0 unspecified atom stereocenters. The molecule has 0 spiro atoms. The van der Waals surface area contributed by atoms with E-state index in [0.29, 0.717) is 6.07 Å². The van der Waals surface area contributed by atoms with E-state index < -0.39 is 22.2 Å². The quantitative estimate of drug-likeness (QED) is 0.588. The lowest BCUT2D eigenvalue weighted by Gasteiger charge is -2.07. The SMILES string of the molecule is O=[N+]([O-])c1cc(-c2cc(Cl)ccc2Cl)c(F)cc1F. The van der Waals surface area contributed by atoms with E-state index in [4.69, 9.17) is 23.2 Å². The summed E-state index contributed by atoms with van der Waals surface area (Å²) >= 11 is 11.6. The number of benzene rings is 2.